The highest BCUT2D eigenvalue weighted by atomic mass is 35.5. The van der Waals surface area contributed by atoms with E-state index in [1.54, 1.807) is 31.5 Å². The Kier molecular flexibility index (Phi) is 3.92. The number of fused-ring (bicyclic) bond motifs is 1. The topological polar surface area (TPSA) is 70.9 Å². The minimum absolute atomic E-state index is 0.298. The van der Waals surface area contributed by atoms with Crippen molar-refractivity contribution in [2.45, 2.75) is 12.5 Å². The highest BCUT2D eigenvalue weighted by molar-refractivity contribution is 6.30. The molecule has 0 radical (unpaired) electrons. The van der Waals surface area contributed by atoms with Crippen molar-refractivity contribution in [1.82, 2.24) is 15.0 Å². The maximum atomic E-state index is 10.6. The first-order valence-corrected chi connectivity index (χ1v) is 7.22. The van der Waals surface area contributed by atoms with Crippen molar-refractivity contribution >= 4 is 28.6 Å². The summed E-state index contributed by atoms with van der Waals surface area (Å²) in [6, 6.07) is 10.8. The number of pyridine rings is 1. The zero-order valence-electron chi connectivity index (χ0n) is 12.0. The normalized spacial score (nSPS) is 13.8. The lowest BCUT2D eigenvalue weighted by Gasteiger charge is -2.24. The average Bonchev–Trinajstić information content (AvgIpc) is 2.53. The van der Waals surface area contributed by atoms with E-state index in [4.69, 9.17) is 11.6 Å². The predicted molar refractivity (Wildman–Crippen MR) is 86.8 cm³/mol. The van der Waals surface area contributed by atoms with Crippen molar-refractivity contribution in [3.63, 3.8) is 0 Å². The number of rotatable bonds is 4. The van der Waals surface area contributed by atoms with E-state index in [-0.39, 0.29) is 0 Å². The van der Waals surface area contributed by atoms with Crippen molar-refractivity contribution in [1.29, 1.82) is 0 Å². The quantitative estimate of drug-likeness (QED) is 0.774. The van der Waals surface area contributed by atoms with Crippen LogP contribution in [0.15, 0.2) is 48.8 Å². The van der Waals surface area contributed by atoms with Crippen LogP contribution in [0.5, 0.6) is 0 Å². The van der Waals surface area contributed by atoms with Crippen LogP contribution in [-0.4, -0.2) is 26.6 Å². The van der Waals surface area contributed by atoms with E-state index in [1.807, 2.05) is 24.3 Å². The number of hydrogen-bond donors (Lipinski definition) is 2. The van der Waals surface area contributed by atoms with Gasteiger partial charge in [0, 0.05) is 24.0 Å². The van der Waals surface area contributed by atoms with Crippen LogP contribution in [0.3, 0.4) is 0 Å². The third kappa shape index (κ3) is 3.16. The summed E-state index contributed by atoms with van der Waals surface area (Å²) in [6.07, 6.45) is 3.22. The molecule has 0 bridgehead atoms. The van der Waals surface area contributed by atoms with Gasteiger partial charge in [-0.1, -0.05) is 23.7 Å². The van der Waals surface area contributed by atoms with E-state index in [0.29, 0.717) is 23.0 Å². The molecular weight excluding hydrogens is 300 g/mol. The summed E-state index contributed by atoms with van der Waals surface area (Å²) in [7, 11) is 0. The molecule has 2 N–H and O–H groups in total. The number of nitrogens with one attached hydrogen (secondary N) is 1. The Hall–Kier alpha value is -2.24. The van der Waals surface area contributed by atoms with Crippen LogP contribution in [0.25, 0.3) is 11.2 Å². The Labute approximate surface area is 133 Å². The smallest absolute Gasteiger partial charge is 0.180 e. The van der Waals surface area contributed by atoms with Crippen molar-refractivity contribution in [2.75, 3.05) is 11.9 Å². The fourth-order valence-electron chi connectivity index (χ4n) is 2.14. The predicted octanol–water partition coefficient (Wildman–Crippen LogP) is 3.00. The van der Waals surface area contributed by atoms with Gasteiger partial charge in [0.15, 0.2) is 5.65 Å². The minimum atomic E-state index is -1.07. The molecule has 0 amide bonds. The van der Waals surface area contributed by atoms with E-state index >= 15 is 0 Å². The van der Waals surface area contributed by atoms with Crippen molar-refractivity contribution in [3.8, 4) is 0 Å². The average molecular weight is 315 g/mol. The summed E-state index contributed by atoms with van der Waals surface area (Å²) in [5.74, 6) is 0.635. The first-order chi connectivity index (χ1) is 10.5. The largest absolute Gasteiger partial charge is 0.384 e. The van der Waals surface area contributed by atoms with Gasteiger partial charge >= 0.3 is 0 Å². The number of hydrogen-bond acceptors (Lipinski definition) is 5. The zero-order chi connectivity index (χ0) is 15.6. The van der Waals surface area contributed by atoms with Crippen LogP contribution in [0.1, 0.15) is 12.5 Å². The molecule has 0 aliphatic carbocycles. The van der Waals surface area contributed by atoms with Crippen molar-refractivity contribution in [2.24, 2.45) is 0 Å². The first kappa shape index (κ1) is 14.7. The summed E-state index contributed by atoms with van der Waals surface area (Å²) in [5, 5.41) is 14.3. The summed E-state index contributed by atoms with van der Waals surface area (Å²) in [4.78, 5) is 12.7. The van der Waals surface area contributed by atoms with Gasteiger partial charge in [0.05, 0.1) is 0 Å². The highest BCUT2D eigenvalue weighted by Crippen LogP contribution is 2.24. The van der Waals surface area contributed by atoms with Gasteiger partial charge < -0.3 is 10.4 Å². The van der Waals surface area contributed by atoms with E-state index in [9.17, 15) is 5.11 Å². The highest BCUT2D eigenvalue weighted by Gasteiger charge is 2.23. The van der Waals surface area contributed by atoms with Crippen LogP contribution in [-0.2, 0) is 5.60 Å². The fraction of sp³-hybridized carbons (Fsp3) is 0.188. The van der Waals surface area contributed by atoms with Crippen LogP contribution < -0.4 is 5.32 Å². The second-order valence-electron chi connectivity index (χ2n) is 5.23. The van der Waals surface area contributed by atoms with Gasteiger partial charge in [-0.15, -0.1) is 0 Å². The molecule has 0 saturated carbocycles. The maximum absolute atomic E-state index is 10.6. The van der Waals surface area contributed by atoms with Crippen LogP contribution >= 0.6 is 11.6 Å². The second-order valence-corrected chi connectivity index (χ2v) is 5.67. The first-order valence-electron chi connectivity index (χ1n) is 6.85. The third-order valence-corrected chi connectivity index (χ3v) is 3.63. The van der Waals surface area contributed by atoms with Gasteiger partial charge in [-0.25, -0.2) is 9.97 Å². The molecule has 112 valence electrons. The molecule has 0 saturated heterocycles. The Bertz CT molecular complexity index is 807. The van der Waals surface area contributed by atoms with Crippen LogP contribution in [0.2, 0.25) is 5.02 Å². The lowest BCUT2D eigenvalue weighted by atomic mass is 9.96. The molecule has 5 nitrogen and oxygen atoms in total. The van der Waals surface area contributed by atoms with E-state index in [1.165, 1.54) is 0 Å². The van der Waals surface area contributed by atoms with E-state index in [0.717, 1.165) is 11.1 Å². The lowest BCUT2D eigenvalue weighted by Crippen LogP contribution is -2.31. The van der Waals surface area contributed by atoms with E-state index in [2.05, 4.69) is 20.3 Å². The molecule has 3 aromatic rings. The van der Waals surface area contributed by atoms with Gasteiger partial charge in [0.2, 0.25) is 0 Å². The molecule has 0 aliphatic heterocycles. The second kappa shape index (κ2) is 5.87. The molecule has 2 heterocycles. The van der Waals surface area contributed by atoms with Gasteiger partial charge in [0.25, 0.3) is 0 Å². The summed E-state index contributed by atoms with van der Waals surface area (Å²) < 4.78 is 0. The number of halogens is 1. The number of nitrogens with zero attached hydrogens (tertiary/aromatic N) is 3. The molecule has 0 aliphatic rings. The van der Waals surface area contributed by atoms with Crippen molar-refractivity contribution < 1.29 is 5.11 Å². The molecule has 1 unspecified atom stereocenters. The fourth-order valence-corrected chi connectivity index (χ4v) is 2.33. The Morgan fingerprint density at radius 3 is 2.82 bits per heavy atom. The Morgan fingerprint density at radius 1 is 1.18 bits per heavy atom. The monoisotopic (exact) mass is 314 g/mol. The van der Waals surface area contributed by atoms with Crippen LogP contribution in [0.4, 0.5) is 5.82 Å². The number of anilines is 1. The molecule has 6 heteroatoms. The molecular formula is C16H15ClN4O. The SMILES string of the molecule is CC(O)(CNc1ccc2nccnc2n1)c1cccc(Cl)c1. The Balaban J connectivity index is 1.77. The van der Waals surface area contributed by atoms with Gasteiger partial charge in [-0.2, -0.15) is 0 Å². The number of aromatic nitrogens is 3. The third-order valence-electron chi connectivity index (χ3n) is 3.39. The molecule has 3 rings (SSSR count). The summed E-state index contributed by atoms with van der Waals surface area (Å²) in [5.41, 5.74) is 0.974. The molecule has 2 aromatic heterocycles. The number of aliphatic hydroxyl groups is 1. The van der Waals surface area contributed by atoms with Gasteiger partial charge in [-0.05, 0) is 36.8 Å². The van der Waals surface area contributed by atoms with Crippen LogP contribution in [0, 0.1) is 0 Å². The Morgan fingerprint density at radius 2 is 2.00 bits per heavy atom. The van der Waals surface area contributed by atoms with Crippen molar-refractivity contribution in [3.05, 3.63) is 59.4 Å². The molecule has 1 aromatic carbocycles. The van der Waals surface area contributed by atoms with E-state index < -0.39 is 5.60 Å². The number of benzene rings is 1. The summed E-state index contributed by atoms with van der Waals surface area (Å²) in [6.45, 7) is 2.03. The zero-order valence-corrected chi connectivity index (χ0v) is 12.7. The van der Waals surface area contributed by atoms with Gasteiger partial charge in [0.1, 0.15) is 16.9 Å². The molecule has 0 fully saturated rings. The molecule has 22 heavy (non-hydrogen) atoms. The molecule has 0 spiro atoms. The standard InChI is InChI=1S/C16H15ClN4O/c1-16(22,11-3-2-4-12(17)9-11)10-20-14-6-5-13-15(21-14)19-8-7-18-13/h2-9,22H,10H2,1H3,(H,19,20,21). The lowest BCUT2D eigenvalue weighted by molar-refractivity contribution is 0.0714. The summed E-state index contributed by atoms with van der Waals surface area (Å²) >= 11 is 5.97. The maximum Gasteiger partial charge on any atom is 0.180 e. The molecule has 1 atom stereocenters. The minimum Gasteiger partial charge on any atom is -0.384 e. The van der Waals surface area contributed by atoms with Gasteiger partial charge in [-0.3, -0.25) is 4.98 Å².